The molecule has 3 nitrogen and oxygen atoms in total. The number of aliphatic hydroxyl groups excluding tert-OH is 1. The molecule has 0 aliphatic heterocycles. The normalized spacial score (nSPS) is 12.2. The molecule has 0 spiro atoms. The SMILES string of the molecule is CC(O)c1ccc(Oc2ccc(Br)cc2Br)nc1. The van der Waals surface area contributed by atoms with Crippen LogP contribution in [0.15, 0.2) is 45.5 Å². The van der Waals surface area contributed by atoms with E-state index in [0.29, 0.717) is 11.6 Å². The summed E-state index contributed by atoms with van der Waals surface area (Å²) in [6.07, 6.45) is 1.08. The fourth-order valence-electron chi connectivity index (χ4n) is 1.37. The number of nitrogens with zero attached hydrogens (tertiary/aromatic N) is 1. The molecule has 1 N–H and O–H groups in total. The van der Waals surface area contributed by atoms with Gasteiger partial charge < -0.3 is 9.84 Å². The van der Waals surface area contributed by atoms with Crippen LogP contribution in [-0.2, 0) is 0 Å². The summed E-state index contributed by atoms with van der Waals surface area (Å²) in [7, 11) is 0. The van der Waals surface area contributed by atoms with Crippen LogP contribution in [0.5, 0.6) is 11.6 Å². The molecule has 0 radical (unpaired) electrons. The number of hydrogen-bond donors (Lipinski definition) is 1. The van der Waals surface area contributed by atoms with Gasteiger partial charge in [0.15, 0.2) is 0 Å². The Morgan fingerprint density at radius 2 is 2.00 bits per heavy atom. The minimum atomic E-state index is -0.522. The lowest BCUT2D eigenvalue weighted by atomic mass is 10.2. The Balaban J connectivity index is 2.18. The maximum Gasteiger partial charge on any atom is 0.219 e. The van der Waals surface area contributed by atoms with Crippen LogP contribution in [0.3, 0.4) is 0 Å². The van der Waals surface area contributed by atoms with Crippen molar-refractivity contribution in [2.75, 3.05) is 0 Å². The van der Waals surface area contributed by atoms with Crippen LogP contribution < -0.4 is 4.74 Å². The van der Waals surface area contributed by atoms with Gasteiger partial charge in [-0.05, 0) is 52.7 Å². The Hall–Kier alpha value is -0.910. The molecule has 2 aromatic rings. The van der Waals surface area contributed by atoms with Crippen molar-refractivity contribution < 1.29 is 9.84 Å². The lowest BCUT2D eigenvalue weighted by molar-refractivity contribution is 0.198. The number of ether oxygens (including phenoxy) is 1. The summed E-state index contributed by atoms with van der Waals surface area (Å²) >= 11 is 6.80. The van der Waals surface area contributed by atoms with Crippen LogP contribution >= 0.6 is 31.9 Å². The van der Waals surface area contributed by atoms with Gasteiger partial charge in [-0.25, -0.2) is 4.98 Å². The van der Waals surface area contributed by atoms with Crippen molar-refractivity contribution in [1.29, 1.82) is 0 Å². The molecule has 0 saturated carbocycles. The first-order valence-electron chi connectivity index (χ1n) is 5.33. The number of aromatic nitrogens is 1. The monoisotopic (exact) mass is 371 g/mol. The van der Waals surface area contributed by atoms with E-state index in [9.17, 15) is 5.11 Å². The topological polar surface area (TPSA) is 42.4 Å². The summed E-state index contributed by atoms with van der Waals surface area (Å²) in [5.74, 6) is 1.18. The molecule has 1 unspecified atom stereocenters. The number of rotatable bonds is 3. The van der Waals surface area contributed by atoms with Crippen molar-refractivity contribution in [2.24, 2.45) is 0 Å². The van der Waals surface area contributed by atoms with Crippen LogP contribution in [-0.4, -0.2) is 10.1 Å². The number of benzene rings is 1. The lowest BCUT2D eigenvalue weighted by Crippen LogP contribution is -1.94. The van der Waals surface area contributed by atoms with E-state index in [1.165, 1.54) is 0 Å². The van der Waals surface area contributed by atoms with Crippen LogP contribution in [0.2, 0.25) is 0 Å². The van der Waals surface area contributed by atoms with Gasteiger partial charge in [0.2, 0.25) is 5.88 Å². The summed E-state index contributed by atoms with van der Waals surface area (Å²) in [6, 6.07) is 9.17. The second-order valence-electron chi connectivity index (χ2n) is 3.78. The van der Waals surface area contributed by atoms with Crippen LogP contribution in [0, 0.1) is 0 Å². The number of aliphatic hydroxyl groups is 1. The molecule has 5 heteroatoms. The first kappa shape index (κ1) is 13.5. The molecule has 0 bridgehead atoms. The highest BCUT2D eigenvalue weighted by Gasteiger charge is 2.06. The summed E-state index contributed by atoms with van der Waals surface area (Å²) in [5.41, 5.74) is 0.761. The molecule has 0 aliphatic rings. The predicted molar refractivity (Wildman–Crippen MR) is 76.8 cm³/mol. The van der Waals surface area contributed by atoms with Crippen molar-refractivity contribution in [3.05, 3.63) is 51.0 Å². The number of halogens is 2. The molecule has 1 heterocycles. The molecule has 18 heavy (non-hydrogen) atoms. The Morgan fingerprint density at radius 3 is 2.56 bits per heavy atom. The van der Waals surface area contributed by atoms with Gasteiger partial charge in [0.05, 0.1) is 10.6 Å². The highest BCUT2D eigenvalue weighted by atomic mass is 79.9. The highest BCUT2D eigenvalue weighted by molar-refractivity contribution is 9.11. The highest BCUT2D eigenvalue weighted by Crippen LogP contribution is 2.31. The third-order valence-electron chi connectivity index (χ3n) is 2.35. The third kappa shape index (κ3) is 3.31. The molecule has 0 saturated heterocycles. The number of pyridine rings is 1. The standard InChI is InChI=1S/C13H11Br2NO2/c1-8(17)9-2-5-13(16-7-9)18-12-4-3-10(14)6-11(12)15/h2-8,17H,1H3. The van der Waals surface area contributed by atoms with Crippen molar-refractivity contribution >= 4 is 31.9 Å². The fraction of sp³-hybridized carbons (Fsp3) is 0.154. The lowest BCUT2D eigenvalue weighted by Gasteiger charge is -2.08. The Labute approximate surface area is 122 Å². The van der Waals surface area contributed by atoms with Gasteiger partial charge in [-0.3, -0.25) is 0 Å². The molecule has 0 amide bonds. The van der Waals surface area contributed by atoms with Crippen molar-refractivity contribution in [1.82, 2.24) is 4.98 Å². The van der Waals surface area contributed by atoms with E-state index in [4.69, 9.17) is 4.74 Å². The third-order valence-corrected chi connectivity index (χ3v) is 3.46. The van der Waals surface area contributed by atoms with Gasteiger partial charge in [-0.15, -0.1) is 0 Å². The van der Waals surface area contributed by atoms with E-state index in [1.807, 2.05) is 18.2 Å². The molecular formula is C13H11Br2NO2. The Kier molecular flexibility index (Phi) is 4.37. The van der Waals surface area contributed by atoms with E-state index in [-0.39, 0.29) is 0 Å². The van der Waals surface area contributed by atoms with Crippen molar-refractivity contribution in [2.45, 2.75) is 13.0 Å². The quantitative estimate of drug-likeness (QED) is 0.865. The molecule has 1 atom stereocenters. The molecule has 94 valence electrons. The zero-order valence-corrected chi connectivity index (χ0v) is 12.8. The van der Waals surface area contributed by atoms with E-state index in [0.717, 1.165) is 14.5 Å². The average molecular weight is 373 g/mol. The smallest absolute Gasteiger partial charge is 0.219 e. The van der Waals surface area contributed by atoms with Crippen LogP contribution in [0.1, 0.15) is 18.6 Å². The molecule has 2 rings (SSSR count). The summed E-state index contributed by atoms with van der Waals surface area (Å²) in [5, 5.41) is 9.39. The zero-order chi connectivity index (χ0) is 13.1. The summed E-state index contributed by atoms with van der Waals surface area (Å²) < 4.78 is 7.46. The largest absolute Gasteiger partial charge is 0.438 e. The Bertz CT molecular complexity index is 541. The first-order valence-corrected chi connectivity index (χ1v) is 6.92. The summed E-state index contributed by atoms with van der Waals surface area (Å²) in [6.45, 7) is 1.70. The van der Waals surface area contributed by atoms with Gasteiger partial charge in [-0.1, -0.05) is 15.9 Å². The number of hydrogen-bond acceptors (Lipinski definition) is 3. The second kappa shape index (κ2) is 5.82. The minimum Gasteiger partial charge on any atom is -0.438 e. The van der Waals surface area contributed by atoms with E-state index in [2.05, 4.69) is 36.8 Å². The van der Waals surface area contributed by atoms with Crippen LogP contribution in [0.25, 0.3) is 0 Å². The van der Waals surface area contributed by atoms with Gasteiger partial charge in [-0.2, -0.15) is 0 Å². The maximum atomic E-state index is 9.39. The molecule has 0 fully saturated rings. The van der Waals surface area contributed by atoms with E-state index in [1.54, 1.807) is 25.3 Å². The van der Waals surface area contributed by atoms with Gasteiger partial charge >= 0.3 is 0 Å². The molecule has 1 aromatic carbocycles. The van der Waals surface area contributed by atoms with Gasteiger partial charge in [0.1, 0.15) is 5.75 Å². The first-order chi connectivity index (χ1) is 8.56. The molecular weight excluding hydrogens is 362 g/mol. The van der Waals surface area contributed by atoms with Crippen molar-refractivity contribution in [3.8, 4) is 11.6 Å². The minimum absolute atomic E-state index is 0.488. The molecule has 0 aliphatic carbocycles. The van der Waals surface area contributed by atoms with Crippen LogP contribution in [0.4, 0.5) is 0 Å². The fourth-order valence-corrected chi connectivity index (χ4v) is 2.50. The molecule has 1 aromatic heterocycles. The van der Waals surface area contributed by atoms with Gasteiger partial charge in [0.25, 0.3) is 0 Å². The maximum absolute atomic E-state index is 9.39. The average Bonchev–Trinajstić information content (AvgIpc) is 2.33. The summed E-state index contributed by atoms with van der Waals surface area (Å²) in [4.78, 5) is 4.14. The predicted octanol–water partition coefficient (Wildman–Crippen LogP) is 4.45. The van der Waals surface area contributed by atoms with E-state index >= 15 is 0 Å². The zero-order valence-electron chi connectivity index (χ0n) is 9.60. The van der Waals surface area contributed by atoms with Gasteiger partial charge in [0, 0.05) is 16.7 Å². The van der Waals surface area contributed by atoms with E-state index < -0.39 is 6.10 Å². The Morgan fingerprint density at radius 1 is 1.22 bits per heavy atom. The van der Waals surface area contributed by atoms with Crippen molar-refractivity contribution in [3.63, 3.8) is 0 Å². The second-order valence-corrected chi connectivity index (χ2v) is 5.55.